The highest BCUT2D eigenvalue weighted by molar-refractivity contribution is 5.93. The maximum Gasteiger partial charge on any atom is 0.318 e. The number of imide groups is 1. The van der Waals surface area contributed by atoms with E-state index in [9.17, 15) is 9.59 Å². The normalized spacial score (nSPS) is 34.4. The second kappa shape index (κ2) is 3.59. The van der Waals surface area contributed by atoms with Crippen LogP contribution in [0.5, 0.6) is 0 Å². The number of carbonyl (C=O) groups excluding carboxylic acids is 2. The van der Waals surface area contributed by atoms with Crippen molar-refractivity contribution < 1.29 is 9.59 Å². The van der Waals surface area contributed by atoms with Crippen molar-refractivity contribution in [2.75, 3.05) is 0 Å². The molecular weight excluding hydrogens is 180 g/mol. The Bertz CT molecular complexity index is 265. The van der Waals surface area contributed by atoms with E-state index in [-0.39, 0.29) is 5.91 Å². The minimum atomic E-state index is -0.738. The third kappa shape index (κ3) is 1.89. The van der Waals surface area contributed by atoms with Crippen molar-refractivity contribution >= 4 is 11.9 Å². The Balaban J connectivity index is 1.81. The van der Waals surface area contributed by atoms with E-state index < -0.39 is 6.03 Å². The quantitative estimate of drug-likeness (QED) is 0.691. The number of hydrogen-bond acceptors (Lipinski definition) is 2. The molecule has 3 amide bonds. The van der Waals surface area contributed by atoms with Crippen LogP contribution in [0.4, 0.5) is 4.79 Å². The first-order valence-electron chi connectivity index (χ1n) is 5.24. The van der Waals surface area contributed by atoms with Crippen molar-refractivity contribution in [2.45, 2.75) is 32.1 Å². The first kappa shape index (κ1) is 9.49. The van der Waals surface area contributed by atoms with Gasteiger partial charge in [0.15, 0.2) is 0 Å². The molecule has 0 aromatic carbocycles. The molecule has 0 aromatic rings. The van der Waals surface area contributed by atoms with Gasteiger partial charge in [-0.25, -0.2) is 4.79 Å². The monoisotopic (exact) mass is 196 g/mol. The third-order valence-corrected chi connectivity index (χ3v) is 3.59. The van der Waals surface area contributed by atoms with E-state index in [1.54, 1.807) is 0 Å². The number of amides is 3. The molecule has 3 N–H and O–H groups in total. The van der Waals surface area contributed by atoms with Gasteiger partial charge in [0.1, 0.15) is 0 Å². The van der Waals surface area contributed by atoms with Crippen LogP contribution in [0.1, 0.15) is 32.1 Å². The molecule has 2 fully saturated rings. The summed E-state index contributed by atoms with van der Waals surface area (Å²) in [5, 5.41) is 2.13. The lowest BCUT2D eigenvalue weighted by Gasteiger charge is -2.20. The predicted octanol–water partition coefficient (Wildman–Crippen LogP) is 1.01. The summed E-state index contributed by atoms with van der Waals surface area (Å²) in [5.74, 6) is 1.84. The summed E-state index contributed by atoms with van der Waals surface area (Å²) in [7, 11) is 0. The van der Waals surface area contributed by atoms with Crippen molar-refractivity contribution in [2.24, 2.45) is 23.5 Å². The average molecular weight is 196 g/mol. The lowest BCUT2D eigenvalue weighted by Crippen LogP contribution is -2.36. The molecule has 78 valence electrons. The van der Waals surface area contributed by atoms with Crippen LogP contribution in [0, 0.1) is 17.8 Å². The number of carbonyl (C=O) groups is 2. The molecule has 4 nitrogen and oxygen atoms in total. The molecule has 2 rings (SSSR count). The molecule has 2 bridgehead atoms. The van der Waals surface area contributed by atoms with Gasteiger partial charge in [0.2, 0.25) is 5.91 Å². The van der Waals surface area contributed by atoms with Crippen molar-refractivity contribution in [1.29, 1.82) is 0 Å². The van der Waals surface area contributed by atoms with Crippen molar-refractivity contribution in [3.63, 3.8) is 0 Å². The molecule has 0 aliphatic heterocycles. The molecule has 0 spiro atoms. The summed E-state index contributed by atoms with van der Waals surface area (Å²) >= 11 is 0. The lowest BCUT2D eigenvalue weighted by molar-refractivity contribution is -0.121. The maximum atomic E-state index is 11.3. The van der Waals surface area contributed by atoms with Crippen molar-refractivity contribution in [1.82, 2.24) is 5.32 Å². The highest BCUT2D eigenvalue weighted by atomic mass is 16.2. The number of nitrogens with two attached hydrogens (primary N) is 1. The topological polar surface area (TPSA) is 72.2 Å². The molecule has 0 heterocycles. The number of rotatable bonds is 2. The number of hydrogen-bond donors (Lipinski definition) is 2. The maximum absolute atomic E-state index is 11.3. The smallest absolute Gasteiger partial charge is 0.318 e. The van der Waals surface area contributed by atoms with Gasteiger partial charge in [-0.2, -0.15) is 0 Å². The molecule has 4 heteroatoms. The second-order valence-corrected chi connectivity index (χ2v) is 4.55. The Morgan fingerprint density at radius 3 is 2.57 bits per heavy atom. The minimum absolute atomic E-state index is 0.213. The molecule has 0 radical (unpaired) electrons. The summed E-state index contributed by atoms with van der Waals surface area (Å²) < 4.78 is 0. The van der Waals surface area contributed by atoms with Gasteiger partial charge in [-0.3, -0.25) is 10.1 Å². The van der Waals surface area contributed by atoms with Crippen LogP contribution in [0.15, 0.2) is 0 Å². The van der Waals surface area contributed by atoms with Gasteiger partial charge in [-0.05, 0) is 37.0 Å². The van der Waals surface area contributed by atoms with Gasteiger partial charge in [0.05, 0.1) is 0 Å². The van der Waals surface area contributed by atoms with E-state index in [2.05, 4.69) is 5.32 Å². The summed E-state index contributed by atoms with van der Waals surface area (Å²) in [6.07, 6.45) is 5.52. The van der Waals surface area contributed by atoms with Crippen LogP contribution in [0.3, 0.4) is 0 Å². The molecular formula is C10H16N2O2. The van der Waals surface area contributed by atoms with Gasteiger partial charge in [0, 0.05) is 6.42 Å². The summed E-state index contributed by atoms with van der Waals surface area (Å²) in [6, 6.07) is -0.738. The van der Waals surface area contributed by atoms with Gasteiger partial charge < -0.3 is 5.73 Å². The molecule has 2 aliphatic carbocycles. The Hall–Kier alpha value is -1.06. The molecule has 3 unspecified atom stereocenters. The van der Waals surface area contributed by atoms with Crippen LogP contribution in [0.25, 0.3) is 0 Å². The fourth-order valence-corrected chi connectivity index (χ4v) is 3.05. The summed E-state index contributed by atoms with van der Waals surface area (Å²) in [6.45, 7) is 0. The molecule has 2 aliphatic rings. The zero-order valence-corrected chi connectivity index (χ0v) is 8.16. The van der Waals surface area contributed by atoms with E-state index in [1.165, 1.54) is 19.3 Å². The first-order valence-corrected chi connectivity index (χ1v) is 5.24. The van der Waals surface area contributed by atoms with Gasteiger partial charge in [0.25, 0.3) is 0 Å². The molecule has 14 heavy (non-hydrogen) atoms. The van der Waals surface area contributed by atoms with Gasteiger partial charge >= 0.3 is 6.03 Å². The molecule has 0 aromatic heterocycles. The fourth-order valence-electron chi connectivity index (χ4n) is 3.05. The van der Waals surface area contributed by atoms with Crippen LogP contribution < -0.4 is 11.1 Å². The molecule has 2 saturated carbocycles. The lowest BCUT2D eigenvalue weighted by atomic mass is 9.86. The SMILES string of the molecule is NC(=O)NC(=O)CC1CC2CCC1C2. The van der Waals surface area contributed by atoms with Crippen LogP contribution in [-0.4, -0.2) is 11.9 Å². The van der Waals surface area contributed by atoms with Gasteiger partial charge in [-0.1, -0.05) is 6.42 Å². The Morgan fingerprint density at radius 1 is 1.29 bits per heavy atom. The van der Waals surface area contributed by atoms with E-state index in [0.717, 1.165) is 18.3 Å². The molecule has 3 atom stereocenters. The number of urea groups is 1. The Labute approximate surface area is 83.2 Å². The van der Waals surface area contributed by atoms with E-state index in [0.29, 0.717) is 12.3 Å². The van der Waals surface area contributed by atoms with Crippen LogP contribution >= 0.6 is 0 Å². The van der Waals surface area contributed by atoms with Crippen molar-refractivity contribution in [3.05, 3.63) is 0 Å². The Morgan fingerprint density at radius 2 is 2.07 bits per heavy atom. The highest BCUT2D eigenvalue weighted by Gasteiger charge is 2.40. The minimum Gasteiger partial charge on any atom is -0.351 e. The highest BCUT2D eigenvalue weighted by Crippen LogP contribution is 2.49. The predicted molar refractivity (Wildman–Crippen MR) is 51.3 cm³/mol. The largest absolute Gasteiger partial charge is 0.351 e. The zero-order chi connectivity index (χ0) is 10.1. The fraction of sp³-hybridized carbons (Fsp3) is 0.800. The zero-order valence-electron chi connectivity index (χ0n) is 8.16. The van der Waals surface area contributed by atoms with Crippen LogP contribution in [0.2, 0.25) is 0 Å². The number of fused-ring (bicyclic) bond motifs is 2. The first-order chi connectivity index (χ1) is 6.65. The average Bonchev–Trinajstić information content (AvgIpc) is 2.62. The van der Waals surface area contributed by atoms with Crippen LogP contribution in [-0.2, 0) is 4.79 Å². The van der Waals surface area contributed by atoms with E-state index in [1.807, 2.05) is 0 Å². The summed E-state index contributed by atoms with van der Waals surface area (Å²) in [5.41, 5.74) is 4.87. The second-order valence-electron chi connectivity index (χ2n) is 4.55. The van der Waals surface area contributed by atoms with E-state index >= 15 is 0 Å². The van der Waals surface area contributed by atoms with Gasteiger partial charge in [-0.15, -0.1) is 0 Å². The van der Waals surface area contributed by atoms with E-state index in [4.69, 9.17) is 5.73 Å². The standard InChI is InChI=1S/C10H16N2O2/c11-10(14)12-9(13)5-8-4-6-1-2-7(8)3-6/h6-8H,1-5H2,(H3,11,12,13,14). The number of nitrogens with one attached hydrogen (secondary N) is 1. The summed E-state index contributed by atoms with van der Waals surface area (Å²) in [4.78, 5) is 21.7. The van der Waals surface area contributed by atoms with Crippen molar-refractivity contribution in [3.8, 4) is 0 Å². The third-order valence-electron chi connectivity index (χ3n) is 3.59. The Kier molecular flexibility index (Phi) is 2.44. The molecule has 0 saturated heterocycles. The number of primary amides is 1.